The Balaban J connectivity index is 1.52. The Kier molecular flexibility index (Phi) is 6.70. The quantitative estimate of drug-likeness (QED) is 0.289. The van der Waals surface area contributed by atoms with Crippen LogP contribution in [0.2, 0.25) is 0 Å². The number of rotatable bonds is 6. The fraction of sp³-hybridized carbons (Fsp3) is 0.290. The summed E-state index contributed by atoms with van der Waals surface area (Å²) in [5.74, 6) is 6.08. The highest BCUT2D eigenvalue weighted by molar-refractivity contribution is 5.88. The molecule has 1 aliphatic rings. The van der Waals surface area contributed by atoms with Gasteiger partial charge in [-0.1, -0.05) is 60.5 Å². The van der Waals surface area contributed by atoms with E-state index in [2.05, 4.69) is 69.4 Å². The molecule has 40 heavy (non-hydrogen) atoms. The van der Waals surface area contributed by atoms with Crippen molar-refractivity contribution in [3.8, 4) is 23.1 Å². The van der Waals surface area contributed by atoms with E-state index in [-0.39, 0.29) is 17.2 Å². The highest BCUT2D eigenvalue weighted by atomic mass is 16.2. The molecule has 0 radical (unpaired) electrons. The Morgan fingerprint density at radius 3 is 2.75 bits per heavy atom. The molecule has 2 atom stereocenters. The Labute approximate surface area is 231 Å². The van der Waals surface area contributed by atoms with E-state index in [1.807, 2.05) is 42.3 Å². The van der Waals surface area contributed by atoms with E-state index in [9.17, 15) is 9.59 Å². The van der Waals surface area contributed by atoms with Crippen LogP contribution in [0.3, 0.4) is 0 Å². The first-order valence-corrected chi connectivity index (χ1v) is 13.5. The second-order valence-electron chi connectivity index (χ2n) is 10.4. The van der Waals surface area contributed by atoms with Crippen LogP contribution in [0.5, 0.6) is 0 Å². The van der Waals surface area contributed by atoms with Crippen molar-refractivity contribution in [1.82, 2.24) is 29.9 Å². The minimum atomic E-state index is -0.511. The van der Waals surface area contributed by atoms with Gasteiger partial charge in [0, 0.05) is 29.5 Å². The molecule has 0 spiro atoms. The lowest BCUT2D eigenvalue weighted by molar-refractivity contribution is 0.198. The molecule has 3 N–H and O–H groups in total. The molecule has 1 fully saturated rings. The van der Waals surface area contributed by atoms with Crippen molar-refractivity contribution in [2.24, 2.45) is 0 Å². The van der Waals surface area contributed by atoms with E-state index >= 15 is 0 Å². The topological polar surface area (TPSA) is 112 Å². The van der Waals surface area contributed by atoms with Crippen LogP contribution in [0.15, 0.2) is 76.6 Å². The smallest absolute Gasteiger partial charge is 0.339 e. The summed E-state index contributed by atoms with van der Waals surface area (Å²) in [5, 5.41) is 7.69. The van der Waals surface area contributed by atoms with Crippen LogP contribution in [0.25, 0.3) is 33.2 Å². The normalized spacial score (nSPS) is 19.1. The van der Waals surface area contributed by atoms with Gasteiger partial charge in [-0.05, 0) is 38.1 Å². The molecule has 0 aliphatic carbocycles. The molecule has 9 heteroatoms. The van der Waals surface area contributed by atoms with Crippen LogP contribution in [-0.4, -0.2) is 49.3 Å². The Morgan fingerprint density at radius 2 is 1.93 bits per heavy atom. The molecule has 0 amide bonds. The molecule has 0 saturated carbocycles. The number of imidazole rings is 1. The van der Waals surface area contributed by atoms with Crippen molar-refractivity contribution in [2.45, 2.75) is 44.7 Å². The van der Waals surface area contributed by atoms with Gasteiger partial charge in [0.15, 0.2) is 11.2 Å². The standard InChI is InChI=1S/C31H31N7O2/c1-3-4-16-34-31(2)15-10-17-37(38-29(39)27-28(33-20-32-27)36-30(38)40)26(31)19-25-23-14-9-8-13-22(23)18-24(35-25)21-11-6-5-7-12-21/h5-9,11-14,18,20,26,34H,10,15-17,19H2,1-2H3,(H,32,33)(H,36,40). The molecule has 202 valence electrons. The van der Waals surface area contributed by atoms with Gasteiger partial charge in [0.1, 0.15) is 0 Å². The fourth-order valence-corrected chi connectivity index (χ4v) is 5.87. The monoisotopic (exact) mass is 533 g/mol. The van der Waals surface area contributed by atoms with Gasteiger partial charge in [0.25, 0.3) is 0 Å². The van der Waals surface area contributed by atoms with E-state index in [1.165, 1.54) is 11.0 Å². The van der Waals surface area contributed by atoms with Crippen molar-refractivity contribution < 1.29 is 0 Å². The molecule has 3 aromatic heterocycles. The highest BCUT2D eigenvalue weighted by Crippen LogP contribution is 2.32. The van der Waals surface area contributed by atoms with Crippen molar-refractivity contribution in [3.05, 3.63) is 93.5 Å². The third-order valence-electron chi connectivity index (χ3n) is 7.93. The van der Waals surface area contributed by atoms with Gasteiger partial charge in [-0.2, -0.15) is 4.68 Å². The molecule has 2 aromatic carbocycles. The van der Waals surface area contributed by atoms with E-state index in [0.717, 1.165) is 40.6 Å². The molecule has 6 rings (SSSR count). The number of nitrogens with zero attached hydrogens (tertiary/aromatic N) is 4. The first-order valence-electron chi connectivity index (χ1n) is 13.5. The minimum Gasteiger partial charge on any atom is -0.339 e. The van der Waals surface area contributed by atoms with Crippen molar-refractivity contribution in [2.75, 3.05) is 18.1 Å². The maximum atomic E-state index is 13.6. The average Bonchev–Trinajstić information content (AvgIpc) is 3.44. The van der Waals surface area contributed by atoms with E-state index in [4.69, 9.17) is 4.98 Å². The van der Waals surface area contributed by atoms with Crippen LogP contribution in [0.1, 0.15) is 32.4 Å². The van der Waals surface area contributed by atoms with Crippen molar-refractivity contribution in [3.63, 3.8) is 0 Å². The van der Waals surface area contributed by atoms with Crippen LogP contribution in [-0.2, 0) is 6.42 Å². The number of benzene rings is 2. The summed E-state index contributed by atoms with van der Waals surface area (Å²) in [6.07, 6.45) is 3.58. The molecular formula is C31H31N7O2. The summed E-state index contributed by atoms with van der Waals surface area (Å²) >= 11 is 0. The molecule has 1 aliphatic heterocycles. The summed E-state index contributed by atoms with van der Waals surface area (Å²) in [6.45, 7) is 5.01. The molecule has 2 unspecified atom stereocenters. The third-order valence-corrected chi connectivity index (χ3v) is 7.93. The number of pyridine rings is 1. The third kappa shape index (κ3) is 4.56. The second-order valence-corrected chi connectivity index (χ2v) is 10.4. The molecule has 0 bridgehead atoms. The zero-order valence-corrected chi connectivity index (χ0v) is 22.6. The lowest BCUT2D eigenvalue weighted by atomic mass is 9.80. The van der Waals surface area contributed by atoms with Gasteiger partial charge in [-0.25, -0.2) is 9.78 Å². The van der Waals surface area contributed by atoms with Crippen LogP contribution < -0.4 is 21.6 Å². The lowest BCUT2D eigenvalue weighted by Crippen LogP contribution is -2.69. The zero-order valence-electron chi connectivity index (χ0n) is 22.6. The minimum absolute atomic E-state index is 0.252. The predicted molar refractivity (Wildman–Crippen MR) is 158 cm³/mol. The van der Waals surface area contributed by atoms with Gasteiger partial charge < -0.3 is 9.99 Å². The van der Waals surface area contributed by atoms with Crippen LogP contribution >= 0.6 is 0 Å². The van der Waals surface area contributed by atoms with Crippen molar-refractivity contribution >= 4 is 21.9 Å². The number of fused-ring (bicyclic) bond motifs is 2. The van der Waals surface area contributed by atoms with Crippen molar-refractivity contribution in [1.29, 1.82) is 0 Å². The number of hydrogen-bond donors (Lipinski definition) is 3. The van der Waals surface area contributed by atoms with Crippen LogP contribution in [0.4, 0.5) is 0 Å². The molecule has 1 saturated heterocycles. The summed E-state index contributed by atoms with van der Waals surface area (Å²) in [6, 6.07) is 20.2. The highest BCUT2D eigenvalue weighted by Gasteiger charge is 2.42. The number of hydrogen-bond acceptors (Lipinski definition) is 6. The predicted octanol–water partition coefficient (Wildman–Crippen LogP) is 3.34. The maximum absolute atomic E-state index is 13.6. The SMILES string of the molecule is CC#CCNC1(C)CCCN(n2c(=O)[nH]c3nc[nH]c3c2=O)C1Cc1nc(-c2ccccc2)cc2ccccc12. The number of nitrogens with one attached hydrogen (secondary N) is 3. The summed E-state index contributed by atoms with van der Waals surface area (Å²) in [4.78, 5) is 41.8. The van der Waals surface area contributed by atoms with Gasteiger partial charge in [0.05, 0.1) is 30.3 Å². The van der Waals surface area contributed by atoms with Gasteiger partial charge in [-0.15, -0.1) is 5.92 Å². The Morgan fingerprint density at radius 1 is 1.12 bits per heavy atom. The van der Waals surface area contributed by atoms with Gasteiger partial charge >= 0.3 is 11.2 Å². The summed E-state index contributed by atoms with van der Waals surface area (Å²) in [5.41, 5.74) is 1.96. The number of aromatic nitrogens is 5. The Bertz CT molecular complexity index is 1860. The zero-order chi connectivity index (χ0) is 27.7. The average molecular weight is 534 g/mol. The van der Waals surface area contributed by atoms with E-state index in [0.29, 0.717) is 19.5 Å². The first kappa shape index (κ1) is 25.6. The lowest BCUT2D eigenvalue weighted by Gasteiger charge is -2.49. The van der Waals surface area contributed by atoms with Gasteiger partial charge in [-0.3, -0.25) is 20.1 Å². The largest absolute Gasteiger partial charge is 0.349 e. The maximum Gasteiger partial charge on any atom is 0.349 e. The summed E-state index contributed by atoms with van der Waals surface area (Å²) < 4.78 is 1.24. The Hall–Kier alpha value is -4.68. The molecule has 9 nitrogen and oxygen atoms in total. The fourth-order valence-electron chi connectivity index (χ4n) is 5.87. The summed E-state index contributed by atoms with van der Waals surface area (Å²) in [7, 11) is 0. The van der Waals surface area contributed by atoms with E-state index in [1.54, 1.807) is 0 Å². The van der Waals surface area contributed by atoms with Crippen LogP contribution in [0, 0.1) is 11.8 Å². The molecule has 4 heterocycles. The number of H-pyrrole nitrogens is 2. The second kappa shape index (κ2) is 10.5. The van der Waals surface area contributed by atoms with E-state index < -0.39 is 16.8 Å². The van der Waals surface area contributed by atoms with Gasteiger partial charge in [0.2, 0.25) is 0 Å². The first-order chi connectivity index (χ1) is 19.5. The number of aromatic amines is 2. The molecular weight excluding hydrogens is 502 g/mol. The number of piperidine rings is 1. The molecule has 5 aromatic rings.